The average molecular weight is 330 g/mol. The van der Waals surface area contributed by atoms with Gasteiger partial charge in [-0.1, -0.05) is 62.9 Å². The van der Waals surface area contributed by atoms with Gasteiger partial charge in [-0.3, -0.25) is 4.79 Å². The third-order valence-corrected chi connectivity index (χ3v) is 5.19. The van der Waals surface area contributed by atoms with Crippen molar-refractivity contribution in [1.29, 1.82) is 0 Å². The number of nitrogens with zero attached hydrogens (tertiary/aromatic N) is 1. The number of hydrogen-bond acceptors (Lipinski definition) is 3. The van der Waals surface area contributed by atoms with E-state index in [1.807, 2.05) is 5.38 Å². The van der Waals surface area contributed by atoms with Crippen molar-refractivity contribution in [3.05, 3.63) is 47.0 Å². The molecule has 2 aromatic rings. The second-order valence-corrected chi connectivity index (χ2v) is 7.07. The number of carbonyl (C=O) groups is 1. The van der Waals surface area contributed by atoms with Gasteiger partial charge >= 0.3 is 0 Å². The maximum atomic E-state index is 12.7. The molecule has 1 N–H and O–H groups in total. The summed E-state index contributed by atoms with van der Waals surface area (Å²) in [5.41, 5.74) is 2.34. The lowest BCUT2D eigenvalue weighted by Gasteiger charge is -2.20. The van der Waals surface area contributed by atoms with Gasteiger partial charge in [0.2, 0.25) is 5.91 Å². The Kier molecular flexibility index (Phi) is 6.34. The summed E-state index contributed by atoms with van der Waals surface area (Å²) >= 11 is 1.47. The third-order valence-electron chi connectivity index (χ3n) is 4.50. The van der Waals surface area contributed by atoms with Crippen molar-refractivity contribution in [2.75, 3.05) is 5.32 Å². The molecule has 0 radical (unpaired) electrons. The predicted molar refractivity (Wildman–Crippen MR) is 98.0 cm³/mol. The molecule has 1 aromatic heterocycles. The highest BCUT2D eigenvalue weighted by atomic mass is 32.1. The maximum Gasteiger partial charge on any atom is 0.233 e. The number of rotatable bonds is 5. The molecule has 0 bridgehead atoms. The Balaban J connectivity index is 0.00000192. The molecule has 1 fully saturated rings. The van der Waals surface area contributed by atoms with E-state index in [0.29, 0.717) is 11.0 Å². The highest BCUT2D eigenvalue weighted by Crippen LogP contribution is 2.35. The monoisotopic (exact) mass is 330 g/mol. The van der Waals surface area contributed by atoms with Gasteiger partial charge in [-0.2, -0.15) is 0 Å². The average Bonchev–Trinajstić information content (AvgIpc) is 3.19. The molecule has 1 atom stereocenters. The molecule has 1 unspecified atom stereocenters. The number of benzene rings is 1. The number of carbonyl (C=O) groups excluding carboxylic acids is 1. The van der Waals surface area contributed by atoms with E-state index >= 15 is 0 Å². The van der Waals surface area contributed by atoms with Gasteiger partial charge in [-0.15, -0.1) is 11.3 Å². The zero-order valence-electron chi connectivity index (χ0n) is 12.9. The van der Waals surface area contributed by atoms with Crippen molar-refractivity contribution >= 4 is 22.4 Å². The Morgan fingerprint density at radius 1 is 1.30 bits per heavy atom. The summed E-state index contributed by atoms with van der Waals surface area (Å²) in [5, 5.41) is 5.55. The van der Waals surface area contributed by atoms with Gasteiger partial charge in [0.15, 0.2) is 5.13 Å². The number of amides is 1. The van der Waals surface area contributed by atoms with Crippen LogP contribution in [-0.2, 0) is 4.79 Å². The van der Waals surface area contributed by atoms with Crippen LogP contribution in [0.1, 0.15) is 56.6 Å². The predicted octanol–water partition coefficient (Wildman–Crippen LogP) is 5.39. The van der Waals surface area contributed by atoms with E-state index in [-0.39, 0.29) is 19.3 Å². The van der Waals surface area contributed by atoms with E-state index in [0.717, 1.165) is 12.0 Å². The Morgan fingerprint density at radius 3 is 2.61 bits per heavy atom. The zero-order chi connectivity index (χ0) is 15.4. The number of anilines is 1. The molecule has 1 aliphatic rings. The Morgan fingerprint density at radius 2 is 2.00 bits per heavy atom. The topological polar surface area (TPSA) is 42.0 Å². The molecule has 3 nitrogen and oxygen atoms in total. The lowest BCUT2D eigenvalue weighted by Crippen LogP contribution is -2.23. The number of aromatic nitrogens is 1. The zero-order valence-corrected chi connectivity index (χ0v) is 13.7. The molecular formula is C19H26N2OS. The number of hydrogen-bond donors (Lipinski definition) is 1. The normalized spacial score (nSPS) is 15.9. The van der Waals surface area contributed by atoms with Gasteiger partial charge < -0.3 is 5.32 Å². The molecule has 0 saturated heterocycles. The quantitative estimate of drug-likeness (QED) is 0.798. The summed E-state index contributed by atoms with van der Waals surface area (Å²) < 4.78 is 0. The molecule has 4 heteroatoms. The van der Waals surface area contributed by atoms with Crippen LogP contribution in [0.5, 0.6) is 0 Å². The Hall–Kier alpha value is -1.68. The van der Waals surface area contributed by atoms with Gasteiger partial charge in [0.1, 0.15) is 0 Å². The highest BCUT2D eigenvalue weighted by molar-refractivity contribution is 7.13. The molecule has 0 spiro atoms. The standard InChI is InChI=1S/C18H22N2OS.CH4/c1-13-6-8-15(9-7-13)16(12-14-4-2-3-5-14)17(21)20-18-19-10-11-22-18;/h6-11,14,16H,2-5,12H2,1H3,(H,19,20,21);1H4. The van der Waals surface area contributed by atoms with Crippen molar-refractivity contribution in [3.8, 4) is 0 Å². The summed E-state index contributed by atoms with van der Waals surface area (Å²) in [6.45, 7) is 2.07. The minimum Gasteiger partial charge on any atom is -0.301 e. The van der Waals surface area contributed by atoms with E-state index in [1.165, 1.54) is 42.6 Å². The van der Waals surface area contributed by atoms with Crippen molar-refractivity contribution in [1.82, 2.24) is 4.98 Å². The fraction of sp³-hybridized carbons (Fsp3) is 0.474. The van der Waals surface area contributed by atoms with Gasteiger partial charge in [0.25, 0.3) is 0 Å². The van der Waals surface area contributed by atoms with Crippen LogP contribution in [0, 0.1) is 12.8 Å². The first-order chi connectivity index (χ1) is 10.7. The van der Waals surface area contributed by atoms with Crippen LogP contribution in [-0.4, -0.2) is 10.9 Å². The molecule has 1 amide bonds. The highest BCUT2D eigenvalue weighted by Gasteiger charge is 2.27. The minimum absolute atomic E-state index is 0. The van der Waals surface area contributed by atoms with Gasteiger partial charge in [-0.25, -0.2) is 4.98 Å². The Labute approximate surface area is 143 Å². The molecule has 23 heavy (non-hydrogen) atoms. The Bertz CT molecular complexity index is 601. The molecule has 1 saturated carbocycles. The van der Waals surface area contributed by atoms with E-state index in [1.54, 1.807) is 6.20 Å². The van der Waals surface area contributed by atoms with Crippen molar-refractivity contribution < 1.29 is 4.79 Å². The lowest BCUT2D eigenvalue weighted by molar-refractivity contribution is -0.118. The minimum atomic E-state index is -0.0763. The SMILES string of the molecule is C.Cc1ccc(C(CC2CCCC2)C(=O)Nc2nccs2)cc1. The van der Waals surface area contributed by atoms with Crippen molar-refractivity contribution in [2.24, 2.45) is 5.92 Å². The number of nitrogens with one attached hydrogen (secondary N) is 1. The van der Waals surface area contributed by atoms with E-state index < -0.39 is 0 Å². The smallest absolute Gasteiger partial charge is 0.233 e. The first-order valence-corrected chi connectivity index (χ1v) is 8.87. The van der Waals surface area contributed by atoms with Crippen LogP contribution in [0.25, 0.3) is 0 Å². The number of thiazole rings is 1. The van der Waals surface area contributed by atoms with E-state index in [4.69, 9.17) is 0 Å². The molecule has 1 aliphatic carbocycles. The number of aryl methyl sites for hydroxylation is 1. The first-order valence-electron chi connectivity index (χ1n) is 7.99. The second kappa shape index (κ2) is 8.25. The summed E-state index contributed by atoms with van der Waals surface area (Å²) in [7, 11) is 0. The lowest BCUT2D eigenvalue weighted by atomic mass is 9.87. The first kappa shape index (κ1) is 17.7. The van der Waals surface area contributed by atoms with Crippen molar-refractivity contribution in [2.45, 2.75) is 52.4 Å². The van der Waals surface area contributed by atoms with Crippen LogP contribution >= 0.6 is 11.3 Å². The van der Waals surface area contributed by atoms with Crippen LogP contribution < -0.4 is 5.32 Å². The summed E-state index contributed by atoms with van der Waals surface area (Å²) in [4.78, 5) is 16.9. The molecule has 0 aliphatic heterocycles. The summed E-state index contributed by atoms with van der Waals surface area (Å²) in [5.74, 6) is 0.673. The summed E-state index contributed by atoms with van der Waals surface area (Å²) in [6.07, 6.45) is 7.79. The molecule has 1 aromatic carbocycles. The fourth-order valence-electron chi connectivity index (χ4n) is 3.25. The molecule has 124 valence electrons. The maximum absolute atomic E-state index is 12.7. The molecule has 3 rings (SSSR count). The largest absolute Gasteiger partial charge is 0.301 e. The van der Waals surface area contributed by atoms with Gasteiger partial charge in [0.05, 0.1) is 5.92 Å². The van der Waals surface area contributed by atoms with Crippen LogP contribution in [0.15, 0.2) is 35.8 Å². The van der Waals surface area contributed by atoms with Crippen molar-refractivity contribution in [3.63, 3.8) is 0 Å². The van der Waals surface area contributed by atoms with Crippen LogP contribution in [0.3, 0.4) is 0 Å². The second-order valence-electron chi connectivity index (χ2n) is 6.18. The van der Waals surface area contributed by atoms with Crippen LogP contribution in [0.4, 0.5) is 5.13 Å². The van der Waals surface area contributed by atoms with Gasteiger partial charge in [0, 0.05) is 11.6 Å². The van der Waals surface area contributed by atoms with Crippen LogP contribution in [0.2, 0.25) is 0 Å². The third kappa shape index (κ3) is 4.64. The summed E-state index contributed by atoms with van der Waals surface area (Å²) in [6, 6.07) is 8.37. The van der Waals surface area contributed by atoms with E-state index in [9.17, 15) is 4.79 Å². The molecular weight excluding hydrogens is 304 g/mol. The fourth-order valence-corrected chi connectivity index (χ4v) is 3.78. The van der Waals surface area contributed by atoms with E-state index in [2.05, 4.69) is 41.5 Å². The molecule has 1 heterocycles. The van der Waals surface area contributed by atoms with Gasteiger partial charge in [-0.05, 0) is 24.8 Å².